The van der Waals surface area contributed by atoms with E-state index in [9.17, 15) is 0 Å². The summed E-state index contributed by atoms with van der Waals surface area (Å²) >= 11 is 3.47. The predicted molar refractivity (Wildman–Crippen MR) is 70.8 cm³/mol. The van der Waals surface area contributed by atoms with Crippen molar-refractivity contribution < 1.29 is 0 Å². The fourth-order valence-electron chi connectivity index (χ4n) is 1.86. The maximum Gasteiger partial charge on any atom is 0.196 e. The Labute approximate surface area is 104 Å². The van der Waals surface area contributed by atoms with E-state index in [2.05, 4.69) is 25.8 Å². The fourth-order valence-corrected chi connectivity index (χ4v) is 2.23. The van der Waals surface area contributed by atoms with Crippen molar-refractivity contribution in [3.05, 3.63) is 28.7 Å². The van der Waals surface area contributed by atoms with Gasteiger partial charge in [0.2, 0.25) is 0 Å². The fraction of sp³-hybridized carbons (Fsp3) is 0.417. The van der Waals surface area contributed by atoms with Gasteiger partial charge in [0.15, 0.2) is 5.96 Å². The summed E-state index contributed by atoms with van der Waals surface area (Å²) in [6, 6.07) is 7.87. The Hall–Kier alpha value is -1.03. The molecule has 2 rings (SSSR count). The summed E-state index contributed by atoms with van der Waals surface area (Å²) in [7, 11) is 0. The molecule has 86 valence electrons. The average Bonchev–Trinajstić information content (AvgIpc) is 2.33. The Balaban J connectivity index is 2.13. The van der Waals surface area contributed by atoms with Crippen LogP contribution in [0.15, 0.2) is 33.7 Å². The highest BCUT2D eigenvalue weighted by molar-refractivity contribution is 9.10. The summed E-state index contributed by atoms with van der Waals surface area (Å²) < 4.78 is 0.981. The van der Waals surface area contributed by atoms with Crippen LogP contribution >= 0.6 is 15.9 Å². The van der Waals surface area contributed by atoms with Crippen LogP contribution in [0.4, 0.5) is 5.69 Å². The first-order chi connectivity index (χ1) is 7.77. The predicted octanol–water partition coefficient (Wildman–Crippen LogP) is 2.88. The monoisotopic (exact) mass is 281 g/mol. The summed E-state index contributed by atoms with van der Waals surface area (Å²) in [6.45, 7) is 2.06. The molecule has 0 bridgehead atoms. The molecular formula is C12H16BrN3. The zero-order valence-corrected chi connectivity index (χ0v) is 10.8. The molecule has 1 aromatic carbocycles. The quantitative estimate of drug-likeness (QED) is 0.635. The molecule has 0 radical (unpaired) electrons. The smallest absolute Gasteiger partial charge is 0.196 e. The van der Waals surface area contributed by atoms with Crippen LogP contribution in [0.25, 0.3) is 0 Å². The minimum Gasteiger partial charge on any atom is -0.369 e. The van der Waals surface area contributed by atoms with Crippen LogP contribution in [0.1, 0.15) is 19.3 Å². The van der Waals surface area contributed by atoms with Gasteiger partial charge in [-0.15, -0.1) is 0 Å². The highest BCUT2D eigenvalue weighted by atomic mass is 79.9. The maximum absolute atomic E-state index is 6.00. The Morgan fingerprint density at radius 3 is 2.56 bits per heavy atom. The van der Waals surface area contributed by atoms with Crippen molar-refractivity contribution >= 4 is 27.6 Å². The van der Waals surface area contributed by atoms with Gasteiger partial charge in [0.1, 0.15) is 0 Å². The van der Waals surface area contributed by atoms with E-state index < -0.39 is 0 Å². The second-order valence-corrected chi connectivity index (χ2v) is 4.82. The van der Waals surface area contributed by atoms with Gasteiger partial charge in [0.25, 0.3) is 0 Å². The third-order valence-corrected chi connectivity index (χ3v) is 3.44. The van der Waals surface area contributed by atoms with Crippen LogP contribution in [0.2, 0.25) is 0 Å². The van der Waals surface area contributed by atoms with Crippen molar-refractivity contribution in [2.45, 2.75) is 19.3 Å². The number of hydrogen-bond donors (Lipinski definition) is 1. The molecule has 0 saturated carbocycles. The number of rotatable bonds is 1. The number of benzene rings is 1. The van der Waals surface area contributed by atoms with Crippen molar-refractivity contribution in [3.63, 3.8) is 0 Å². The number of likely N-dealkylation sites (tertiary alicyclic amines) is 1. The number of guanidine groups is 1. The molecule has 0 aromatic heterocycles. The molecule has 1 aliphatic heterocycles. The SMILES string of the molecule is NC(=Nc1ccccc1Br)N1CCCCC1. The van der Waals surface area contributed by atoms with Crippen LogP contribution in [0, 0.1) is 0 Å². The molecule has 0 unspecified atom stereocenters. The van der Waals surface area contributed by atoms with Gasteiger partial charge in [0.05, 0.1) is 5.69 Å². The van der Waals surface area contributed by atoms with Crippen molar-refractivity contribution in [1.29, 1.82) is 0 Å². The van der Waals surface area contributed by atoms with Gasteiger partial charge >= 0.3 is 0 Å². The number of aliphatic imine (C=N–C) groups is 1. The molecule has 1 heterocycles. The molecule has 0 spiro atoms. The standard InChI is InChI=1S/C12H16BrN3/c13-10-6-2-3-7-11(10)15-12(14)16-8-4-1-5-9-16/h2-3,6-7H,1,4-5,8-9H2,(H2,14,15). The van der Waals surface area contributed by atoms with Gasteiger partial charge in [-0.05, 0) is 47.3 Å². The van der Waals surface area contributed by atoms with Crippen LogP contribution in [0.5, 0.6) is 0 Å². The van der Waals surface area contributed by atoms with Crippen molar-refractivity contribution in [1.82, 2.24) is 4.90 Å². The number of para-hydroxylation sites is 1. The second-order valence-electron chi connectivity index (χ2n) is 3.97. The Morgan fingerprint density at radius 2 is 1.88 bits per heavy atom. The summed E-state index contributed by atoms with van der Waals surface area (Å²) in [5.74, 6) is 0.631. The van der Waals surface area contributed by atoms with E-state index in [1.165, 1.54) is 19.3 Å². The van der Waals surface area contributed by atoms with Gasteiger partial charge < -0.3 is 10.6 Å². The van der Waals surface area contributed by atoms with Crippen LogP contribution < -0.4 is 5.73 Å². The number of nitrogens with two attached hydrogens (primary N) is 1. The summed E-state index contributed by atoms with van der Waals surface area (Å²) in [6.07, 6.45) is 3.73. The van der Waals surface area contributed by atoms with E-state index >= 15 is 0 Å². The topological polar surface area (TPSA) is 41.6 Å². The molecule has 0 amide bonds. The average molecular weight is 282 g/mol. The number of hydrogen-bond acceptors (Lipinski definition) is 1. The highest BCUT2D eigenvalue weighted by Crippen LogP contribution is 2.24. The maximum atomic E-state index is 6.00. The minimum atomic E-state index is 0.631. The third kappa shape index (κ3) is 2.76. The van der Waals surface area contributed by atoms with E-state index in [0.29, 0.717) is 5.96 Å². The first kappa shape index (κ1) is 11.5. The van der Waals surface area contributed by atoms with Gasteiger partial charge in [-0.1, -0.05) is 12.1 Å². The van der Waals surface area contributed by atoms with Crippen molar-refractivity contribution in [3.8, 4) is 0 Å². The lowest BCUT2D eigenvalue weighted by Gasteiger charge is -2.27. The lowest BCUT2D eigenvalue weighted by atomic mass is 10.1. The van der Waals surface area contributed by atoms with Crippen LogP contribution in [-0.2, 0) is 0 Å². The van der Waals surface area contributed by atoms with Gasteiger partial charge in [-0.2, -0.15) is 0 Å². The van der Waals surface area contributed by atoms with E-state index in [-0.39, 0.29) is 0 Å². The number of nitrogens with zero attached hydrogens (tertiary/aromatic N) is 2. The van der Waals surface area contributed by atoms with E-state index in [1.54, 1.807) is 0 Å². The van der Waals surface area contributed by atoms with Crippen molar-refractivity contribution in [2.75, 3.05) is 13.1 Å². The molecule has 1 saturated heterocycles. The zero-order chi connectivity index (χ0) is 11.4. The van der Waals surface area contributed by atoms with Crippen molar-refractivity contribution in [2.24, 2.45) is 10.7 Å². The van der Waals surface area contributed by atoms with Gasteiger partial charge in [-0.25, -0.2) is 4.99 Å². The number of halogens is 1. The molecular weight excluding hydrogens is 266 g/mol. The largest absolute Gasteiger partial charge is 0.369 e. The van der Waals surface area contributed by atoms with E-state index in [4.69, 9.17) is 5.73 Å². The van der Waals surface area contributed by atoms with Crippen LogP contribution in [-0.4, -0.2) is 23.9 Å². The second kappa shape index (κ2) is 5.34. The lowest BCUT2D eigenvalue weighted by molar-refractivity contribution is 0.339. The molecule has 0 aliphatic carbocycles. The summed E-state index contributed by atoms with van der Waals surface area (Å²) in [4.78, 5) is 6.61. The Bertz CT molecular complexity index is 384. The van der Waals surface area contributed by atoms with Crippen LogP contribution in [0.3, 0.4) is 0 Å². The molecule has 0 atom stereocenters. The highest BCUT2D eigenvalue weighted by Gasteiger charge is 2.12. The Morgan fingerprint density at radius 1 is 1.19 bits per heavy atom. The molecule has 3 nitrogen and oxygen atoms in total. The molecule has 2 N–H and O–H groups in total. The first-order valence-electron chi connectivity index (χ1n) is 5.61. The molecule has 1 aromatic rings. The summed E-state index contributed by atoms with van der Waals surface area (Å²) in [5.41, 5.74) is 6.90. The molecule has 1 aliphatic rings. The minimum absolute atomic E-state index is 0.631. The molecule has 16 heavy (non-hydrogen) atoms. The van der Waals surface area contributed by atoms with E-state index in [0.717, 1.165) is 23.2 Å². The van der Waals surface area contributed by atoms with Gasteiger partial charge in [-0.3, -0.25) is 0 Å². The molecule has 1 fully saturated rings. The Kier molecular flexibility index (Phi) is 3.83. The third-order valence-electron chi connectivity index (χ3n) is 2.77. The summed E-state index contributed by atoms with van der Waals surface area (Å²) in [5, 5.41) is 0. The first-order valence-corrected chi connectivity index (χ1v) is 6.40. The number of piperidine rings is 1. The lowest BCUT2D eigenvalue weighted by Crippen LogP contribution is -2.40. The zero-order valence-electron chi connectivity index (χ0n) is 9.19. The van der Waals surface area contributed by atoms with Gasteiger partial charge in [0, 0.05) is 17.6 Å². The molecule has 4 heteroatoms. The van der Waals surface area contributed by atoms with E-state index in [1.807, 2.05) is 24.3 Å². The normalized spacial score (nSPS) is 17.6.